The number of hydrogen-bond donors (Lipinski definition) is 4. The third-order valence-corrected chi connectivity index (χ3v) is 12.1. The van der Waals surface area contributed by atoms with Crippen LogP contribution in [0.15, 0.2) is 84.6 Å². The highest BCUT2D eigenvalue weighted by molar-refractivity contribution is 6.33. The van der Waals surface area contributed by atoms with Gasteiger partial charge in [0.25, 0.3) is 11.8 Å². The molecule has 4 aliphatic rings. The molecule has 0 radical (unpaired) electrons. The quantitative estimate of drug-likeness (QED) is 0.0813. The summed E-state index contributed by atoms with van der Waals surface area (Å²) in [6.45, 7) is 0. The van der Waals surface area contributed by atoms with Gasteiger partial charge in [0.2, 0.25) is 11.8 Å². The highest BCUT2D eigenvalue weighted by Crippen LogP contribution is 2.65. The summed E-state index contributed by atoms with van der Waals surface area (Å²) < 4.78 is 85.6. The van der Waals surface area contributed by atoms with Gasteiger partial charge in [0, 0.05) is 28.8 Å². The number of amides is 4. The van der Waals surface area contributed by atoms with Crippen molar-refractivity contribution in [3.8, 4) is 17.2 Å². The minimum Gasteiger partial charge on any atom is -0.508 e. The van der Waals surface area contributed by atoms with Crippen LogP contribution < -0.4 is 15.1 Å². The van der Waals surface area contributed by atoms with Crippen LogP contribution in [0, 0.1) is 23.7 Å². The Morgan fingerprint density at radius 2 is 1.57 bits per heavy atom. The van der Waals surface area contributed by atoms with Crippen LogP contribution in [0.3, 0.4) is 0 Å². The molecule has 4 amide bonds. The van der Waals surface area contributed by atoms with Crippen molar-refractivity contribution in [1.82, 2.24) is 9.99 Å². The first-order chi connectivity index (χ1) is 28.6. The molecule has 0 spiro atoms. The van der Waals surface area contributed by atoms with Crippen molar-refractivity contribution in [3.63, 3.8) is 0 Å². The molecule has 13 nitrogen and oxygen atoms in total. The van der Waals surface area contributed by atoms with E-state index in [-0.39, 0.29) is 33.8 Å². The number of phenols is 2. The van der Waals surface area contributed by atoms with Crippen LogP contribution >= 0.6 is 23.2 Å². The highest BCUT2D eigenvalue weighted by Gasteiger charge is 2.71. The van der Waals surface area contributed by atoms with Crippen molar-refractivity contribution in [2.45, 2.75) is 36.7 Å². The standard InChI is InChI=1S/C40H26Cl2F6N4O9/c41-18-3-1-16(2-4-18)38-26(34(56)52(37(38)60)50-32-27(42)11-17(15-49-32)39(43,44)45)14-24-21(31(38)25-13-20(6-10-28(25)53)61-40(46,47)48)8-9-23-30(24)35(57)51(33(23)55)19-5-7-22(36(58)59)29(54)12-19/h1-8,10-13,15,23-24,26,30-31,53-54H,9,14H2,(H,49,50)(H,58,59)/t23-,24+,26-,30-,31+,38+/m0/s1. The number of carboxylic acids is 1. The first kappa shape index (κ1) is 41.4. The zero-order chi connectivity index (χ0) is 44.1. The van der Waals surface area contributed by atoms with Gasteiger partial charge in [-0.3, -0.25) is 24.6 Å². The van der Waals surface area contributed by atoms with Crippen LogP contribution in [-0.4, -0.2) is 61.3 Å². The number of aromatic nitrogens is 1. The van der Waals surface area contributed by atoms with Gasteiger partial charge in [-0.2, -0.15) is 18.2 Å². The molecular formula is C40H26Cl2F6N4O9. The van der Waals surface area contributed by atoms with E-state index in [1.165, 1.54) is 30.3 Å². The predicted octanol–water partition coefficient (Wildman–Crippen LogP) is 7.60. The molecule has 3 heterocycles. The summed E-state index contributed by atoms with van der Waals surface area (Å²) in [6, 6.07) is 11.5. The van der Waals surface area contributed by atoms with Crippen molar-refractivity contribution in [2.24, 2.45) is 23.7 Å². The molecule has 4 aromatic rings. The molecule has 61 heavy (non-hydrogen) atoms. The maximum Gasteiger partial charge on any atom is 0.573 e. The summed E-state index contributed by atoms with van der Waals surface area (Å²) in [7, 11) is 0. The molecule has 8 rings (SSSR count). The lowest BCUT2D eigenvalue weighted by atomic mass is 9.49. The Hall–Kier alpha value is -6.34. The third-order valence-electron chi connectivity index (χ3n) is 11.6. The number of nitrogens with one attached hydrogen (secondary N) is 1. The van der Waals surface area contributed by atoms with Crippen LogP contribution in [0.5, 0.6) is 17.2 Å². The molecule has 1 saturated carbocycles. The molecule has 4 N–H and O–H groups in total. The number of aromatic carboxylic acids is 1. The van der Waals surface area contributed by atoms with Gasteiger partial charge in [-0.15, -0.1) is 13.2 Å². The fourth-order valence-corrected chi connectivity index (χ4v) is 9.52. The molecule has 6 atom stereocenters. The molecule has 2 aliphatic heterocycles. The number of ether oxygens (including phenoxy) is 1. The van der Waals surface area contributed by atoms with Crippen LogP contribution in [0.25, 0.3) is 0 Å². The van der Waals surface area contributed by atoms with Crippen LogP contribution in [0.1, 0.15) is 45.8 Å². The minimum atomic E-state index is -5.23. The Balaban J connectivity index is 1.32. The second-order valence-electron chi connectivity index (χ2n) is 14.7. The second kappa shape index (κ2) is 14.4. The molecule has 2 saturated heterocycles. The molecule has 1 aromatic heterocycles. The van der Waals surface area contributed by atoms with Gasteiger partial charge in [-0.25, -0.2) is 14.7 Å². The second-order valence-corrected chi connectivity index (χ2v) is 15.5. The van der Waals surface area contributed by atoms with Gasteiger partial charge in [-0.05, 0) is 72.9 Å². The lowest BCUT2D eigenvalue weighted by Crippen LogP contribution is -2.53. The number of carboxylic acid groups (broad SMARTS) is 1. The van der Waals surface area contributed by atoms with E-state index in [1.807, 2.05) is 0 Å². The fourth-order valence-electron chi connectivity index (χ4n) is 9.18. The van der Waals surface area contributed by atoms with Crippen molar-refractivity contribution < 1.29 is 70.4 Å². The van der Waals surface area contributed by atoms with Crippen molar-refractivity contribution in [2.75, 3.05) is 10.3 Å². The van der Waals surface area contributed by atoms with E-state index in [9.17, 15) is 60.8 Å². The number of anilines is 2. The Morgan fingerprint density at radius 3 is 2.20 bits per heavy atom. The Kier molecular flexibility index (Phi) is 9.77. The van der Waals surface area contributed by atoms with E-state index in [4.69, 9.17) is 23.2 Å². The van der Waals surface area contributed by atoms with Crippen molar-refractivity contribution in [1.29, 1.82) is 0 Å². The van der Waals surface area contributed by atoms with E-state index in [0.717, 1.165) is 41.3 Å². The molecule has 0 unspecified atom stereocenters. The number of hydrogen-bond acceptors (Lipinski definition) is 10. The molecule has 0 bridgehead atoms. The number of pyridine rings is 1. The van der Waals surface area contributed by atoms with Gasteiger partial charge >= 0.3 is 18.5 Å². The number of halogens is 8. The summed E-state index contributed by atoms with van der Waals surface area (Å²) in [6.07, 6.45) is -8.80. The number of rotatable bonds is 7. The number of hydrazine groups is 1. The number of alkyl halides is 6. The SMILES string of the molecule is O=C(O)c1ccc(N2C(=O)[C@H]3[C@H](CC=C4[C@H]3C[C@H]3C(=O)N(Nc5ncc(C(F)(F)F)cc5Cl)C(=O)[C@@]3(c3ccc(Cl)cc3)[C@H]4c3cc(OC(F)(F)F)ccc3O)C2=O)cc1O. The monoisotopic (exact) mass is 890 g/mol. The van der Waals surface area contributed by atoms with Crippen LogP contribution in [0.2, 0.25) is 10.0 Å². The predicted molar refractivity (Wildman–Crippen MR) is 199 cm³/mol. The van der Waals surface area contributed by atoms with E-state index in [0.29, 0.717) is 17.3 Å². The number of carbonyl (C=O) groups is 5. The number of aromatic hydroxyl groups is 2. The number of nitrogens with zero attached hydrogens (tertiary/aromatic N) is 3. The molecular weight excluding hydrogens is 865 g/mol. The van der Waals surface area contributed by atoms with Gasteiger partial charge in [-0.1, -0.05) is 47.0 Å². The van der Waals surface area contributed by atoms with E-state index < -0.39 is 123 Å². The zero-order valence-electron chi connectivity index (χ0n) is 30.5. The zero-order valence-corrected chi connectivity index (χ0v) is 32.0. The summed E-state index contributed by atoms with van der Waals surface area (Å²) in [5.74, 6) is -14.9. The van der Waals surface area contributed by atoms with Crippen LogP contribution in [0.4, 0.5) is 37.8 Å². The molecule has 2 aliphatic carbocycles. The van der Waals surface area contributed by atoms with E-state index in [2.05, 4.69) is 15.1 Å². The lowest BCUT2D eigenvalue weighted by Gasteiger charge is -2.50. The summed E-state index contributed by atoms with van der Waals surface area (Å²) in [4.78, 5) is 74.7. The molecule has 3 aromatic carbocycles. The number of fused-ring (bicyclic) bond motifs is 4. The number of carbonyl (C=O) groups excluding carboxylic acids is 4. The Morgan fingerprint density at radius 1 is 0.869 bits per heavy atom. The maximum absolute atomic E-state index is 15.3. The number of allylic oxidation sites excluding steroid dienone is 2. The summed E-state index contributed by atoms with van der Waals surface area (Å²) >= 11 is 12.4. The normalized spacial score (nSPS) is 24.9. The molecule has 3 fully saturated rings. The lowest BCUT2D eigenvalue weighted by molar-refractivity contribution is -0.274. The Labute approximate surface area is 348 Å². The number of imide groups is 2. The largest absolute Gasteiger partial charge is 0.573 e. The molecule has 21 heteroatoms. The summed E-state index contributed by atoms with van der Waals surface area (Å²) in [5.41, 5.74) is -1.93. The fraction of sp³-hybridized carbons (Fsp3) is 0.250. The van der Waals surface area contributed by atoms with Crippen molar-refractivity contribution in [3.05, 3.63) is 117 Å². The first-order valence-corrected chi connectivity index (χ1v) is 18.8. The topological polar surface area (TPSA) is 187 Å². The number of benzene rings is 3. The summed E-state index contributed by atoms with van der Waals surface area (Å²) in [5, 5.41) is 31.3. The first-order valence-electron chi connectivity index (χ1n) is 18.0. The maximum atomic E-state index is 15.3. The number of phenolic OH excluding ortho intramolecular Hbond substituents is 1. The smallest absolute Gasteiger partial charge is 0.508 e. The van der Waals surface area contributed by atoms with Gasteiger partial charge in [0.05, 0.1) is 39.4 Å². The van der Waals surface area contributed by atoms with Gasteiger partial charge in [0.1, 0.15) is 22.8 Å². The van der Waals surface area contributed by atoms with E-state index >= 15 is 4.79 Å². The van der Waals surface area contributed by atoms with Gasteiger partial charge < -0.3 is 20.1 Å². The van der Waals surface area contributed by atoms with Gasteiger partial charge in [0.15, 0.2) is 5.82 Å². The average Bonchev–Trinajstić information content (AvgIpc) is 3.56. The van der Waals surface area contributed by atoms with E-state index in [1.54, 1.807) is 0 Å². The van der Waals surface area contributed by atoms with Crippen LogP contribution in [-0.2, 0) is 30.8 Å². The Bertz CT molecular complexity index is 2610. The minimum absolute atomic E-state index is 0.0495. The molecule has 316 valence electrons. The third kappa shape index (κ3) is 6.66. The highest BCUT2D eigenvalue weighted by atomic mass is 35.5. The van der Waals surface area contributed by atoms with Crippen molar-refractivity contribution >= 4 is 64.3 Å². The average molecular weight is 892 g/mol.